The molecule has 0 radical (unpaired) electrons. The molecule has 0 atom stereocenters. The van der Waals surface area contributed by atoms with Crippen LogP contribution in [0.15, 0.2) is 22.8 Å². The zero-order valence-corrected chi connectivity index (χ0v) is 16.2. The summed E-state index contributed by atoms with van der Waals surface area (Å²) in [6, 6.07) is 3.36. The molecule has 4 rings (SSSR count). The molecule has 2 aromatic heterocycles. The summed E-state index contributed by atoms with van der Waals surface area (Å²) in [6.45, 7) is -0.314. The van der Waals surface area contributed by atoms with Crippen LogP contribution in [0.5, 0.6) is 0 Å². The van der Waals surface area contributed by atoms with Crippen LogP contribution in [-0.2, 0) is 22.4 Å². The van der Waals surface area contributed by atoms with Crippen molar-refractivity contribution in [2.24, 2.45) is 0 Å². The van der Waals surface area contributed by atoms with Crippen molar-refractivity contribution in [2.75, 3.05) is 11.9 Å². The van der Waals surface area contributed by atoms with Crippen molar-refractivity contribution in [1.29, 1.82) is 0 Å². The Morgan fingerprint density at radius 3 is 2.75 bits per heavy atom. The highest BCUT2D eigenvalue weighted by atomic mass is 32.1. The molecule has 2 N–H and O–H groups in total. The van der Waals surface area contributed by atoms with E-state index in [1.165, 1.54) is 17.6 Å². The summed E-state index contributed by atoms with van der Waals surface area (Å²) in [5.74, 6) is -1.11. The number of thiophene rings is 1. The van der Waals surface area contributed by atoms with E-state index in [0.717, 1.165) is 55.4 Å². The maximum absolute atomic E-state index is 12.7. The normalized spacial score (nSPS) is 16.0. The molecule has 0 aromatic carbocycles. The van der Waals surface area contributed by atoms with Gasteiger partial charge in [0.1, 0.15) is 5.00 Å². The number of nitrogens with one attached hydrogen (secondary N) is 2. The van der Waals surface area contributed by atoms with Crippen LogP contribution in [0.25, 0.3) is 0 Å². The first-order valence-corrected chi connectivity index (χ1v) is 10.4. The molecule has 2 amide bonds. The summed E-state index contributed by atoms with van der Waals surface area (Å²) in [7, 11) is 0. The highest BCUT2D eigenvalue weighted by molar-refractivity contribution is 7.17. The van der Waals surface area contributed by atoms with Crippen LogP contribution in [0, 0.1) is 0 Å². The minimum absolute atomic E-state index is 0.170. The molecule has 2 aromatic rings. The van der Waals surface area contributed by atoms with Crippen LogP contribution in [0.1, 0.15) is 63.5 Å². The summed E-state index contributed by atoms with van der Waals surface area (Å²) < 4.78 is 10.4. The molecule has 1 fully saturated rings. The monoisotopic (exact) mass is 402 g/mol. The van der Waals surface area contributed by atoms with E-state index in [1.807, 2.05) is 0 Å². The Morgan fingerprint density at radius 2 is 2.00 bits per heavy atom. The van der Waals surface area contributed by atoms with Crippen molar-refractivity contribution in [1.82, 2.24) is 5.32 Å². The molecule has 148 valence electrons. The molecule has 2 aliphatic carbocycles. The van der Waals surface area contributed by atoms with E-state index in [1.54, 1.807) is 12.1 Å². The smallest absolute Gasteiger partial charge is 0.341 e. The van der Waals surface area contributed by atoms with Crippen molar-refractivity contribution >= 4 is 34.1 Å². The lowest BCUT2D eigenvalue weighted by Gasteiger charge is -2.12. The Morgan fingerprint density at radius 1 is 1.18 bits per heavy atom. The Bertz CT molecular complexity index is 881. The van der Waals surface area contributed by atoms with Crippen molar-refractivity contribution in [2.45, 2.75) is 51.0 Å². The fraction of sp³-hybridized carbons (Fsp3) is 0.450. The average molecular weight is 402 g/mol. The Kier molecular flexibility index (Phi) is 5.47. The van der Waals surface area contributed by atoms with E-state index in [9.17, 15) is 14.4 Å². The predicted molar refractivity (Wildman–Crippen MR) is 104 cm³/mol. The van der Waals surface area contributed by atoms with Gasteiger partial charge in [0, 0.05) is 10.9 Å². The quantitative estimate of drug-likeness (QED) is 0.723. The van der Waals surface area contributed by atoms with Crippen molar-refractivity contribution in [3.05, 3.63) is 40.2 Å². The van der Waals surface area contributed by atoms with Gasteiger partial charge in [0.25, 0.3) is 11.8 Å². The summed E-state index contributed by atoms with van der Waals surface area (Å²) in [5.41, 5.74) is 1.28. The molecule has 0 unspecified atom stereocenters. The topological polar surface area (TPSA) is 97.6 Å². The molecular weight excluding hydrogens is 380 g/mol. The summed E-state index contributed by atoms with van der Waals surface area (Å²) in [4.78, 5) is 38.2. The van der Waals surface area contributed by atoms with E-state index >= 15 is 0 Å². The van der Waals surface area contributed by atoms with Gasteiger partial charge in [-0.2, -0.15) is 0 Å². The highest BCUT2D eigenvalue weighted by Crippen LogP contribution is 2.39. The first kappa shape index (κ1) is 18.7. The maximum Gasteiger partial charge on any atom is 0.341 e. The van der Waals surface area contributed by atoms with Crippen LogP contribution >= 0.6 is 11.3 Å². The zero-order chi connectivity index (χ0) is 19.5. The van der Waals surface area contributed by atoms with Gasteiger partial charge in [0.2, 0.25) is 0 Å². The fourth-order valence-electron chi connectivity index (χ4n) is 3.82. The Balaban J connectivity index is 1.44. The maximum atomic E-state index is 12.7. The Hall–Kier alpha value is -2.61. The second kappa shape index (κ2) is 8.18. The van der Waals surface area contributed by atoms with Gasteiger partial charge in [0.05, 0.1) is 11.8 Å². The van der Waals surface area contributed by atoms with Gasteiger partial charge in [-0.15, -0.1) is 11.3 Å². The Labute approximate surface area is 166 Å². The van der Waals surface area contributed by atoms with Gasteiger partial charge in [-0.05, 0) is 49.8 Å². The average Bonchev–Trinajstić information content (AvgIpc) is 3.43. The van der Waals surface area contributed by atoms with E-state index in [-0.39, 0.29) is 24.3 Å². The third-order valence-corrected chi connectivity index (χ3v) is 6.36. The third kappa shape index (κ3) is 3.96. The SMILES string of the molecule is O=C(COC(=O)c1c(NC(=O)c2ccco2)sc2c1CCC2)NC1CCCC1. The molecule has 0 bridgehead atoms. The number of anilines is 1. The number of hydrogen-bond acceptors (Lipinski definition) is 6. The lowest BCUT2D eigenvalue weighted by Crippen LogP contribution is -2.36. The number of furan rings is 1. The molecule has 0 saturated heterocycles. The molecule has 28 heavy (non-hydrogen) atoms. The number of amides is 2. The number of carbonyl (C=O) groups excluding carboxylic acids is 3. The third-order valence-electron chi connectivity index (χ3n) is 5.15. The van der Waals surface area contributed by atoms with E-state index in [4.69, 9.17) is 9.15 Å². The van der Waals surface area contributed by atoms with Gasteiger partial charge >= 0.3 is 5.97 Å². The number of hydrogen-bond donors (Lipinski definition) is 2. The van der Waals surface area contributed by atoms with Crippen LogP contribution in [0.2, 0.25) is 0 Å². The van der Waals surface area contributed by atoms with Crippen LogP contribution < -0.4 is 10.6 Å². The van der Waals surface area contributed by atoms with Crippen LogP contribution in [0.3, 0.4) is 0 Å². The standard InChI is InChI=1S/C20H22N2O5S/c23-16(21-12-5-1-2-6-12)11-27-20(25)17-13-7-3-9-15(13)28-19(17)22-18(24)14-8-4-10-26-14/h4,8,10,12H,1-3,5-7,9,11H2,(H,21,23)(H,22,24). The van der Waals surface area contributed by atoms with Crippen molar-refractivity contribution in [3.8, 4) is 0 Å². The first-order chi connectivity index (χ1) is 13.6. The highest BCUT2D eigenvalue weighted by Gasteiger charge is 2.29. The minimum atomic E-state index is -0.573. The summed E-state index contributed by atoms with van der Waals surface area (Å²) in [6.07, 6.45) is 8.20. The number of aryl methyl sites for hydroxylation is 1. The largest absolute Gasteiger partial charge is 0.459 e. The predicted octanol–water partition coefficient (Wildman–Crippen LogP) is 3.30. The molecule has 0 aliphatic heterocycles. The van der Waals surface area contributed by atoms with E-state index < -0.39 is 11.9 Å². The second-order valence-electron chi connectivity index (χ2n) is 7.12. The summed E-state index contributed by atoms with van der Waals surface area (Å²) in [5, 5.41) is 6.11. The van der Waals surface area contributed by atoms with Crippen molar-refractivity contribution in [3.63, 3.8) is 0 Å². The molecule has 8 heteroatoms. The van der Waals surface area contributed by atoms with Gasteiger partial charge in [-0.25, -0.2) is 4.79 Å². The molecule has 1 saturated carbocycles. The van der Waals surface area contributed by atoms with Crippen LogP contribution in [-0.4, -0.2) is 30.4 Å². The number of rotatable bonds is 6. The number of carbonyl (C=O) groups is 3. The lowest BCUT2D eigenvalue weighted by molar-refractivity contribution is -0.124. The fourth-order valence-corrected chi connectivity index (χ4v) is 5.10. The molecule has 2 aliphatic rings. The lowest BCUT2D eigenvalue weighted by atomic mass is 10.1. The van der Waals surface area contributed by atoms with E-state index in [0.29, 0.717) is 10.6 Å². The second-order valence-corrected chi connectivity index (χ2v) is 8.22. The molecular formula is C20H22N2O5S. The van der Waals surface area contributed by atoms with Gasteiger partial charge in [-0.3, -0.25) is 9.59 Å². The van der Waals surface area contributed by atoms with Gasteiger partial charge in [0.15, 0.2) is 12.4 Å². The van der Waals surface area contributed by atoms with Crippen molar-refractivity contribution < 1.29 is 23.5 Å². The molecule has 7 nitrogen and oxygen atoms in total. The van der Waals surface area contributed by atoms with Gasteiger partial charge in [-0.1, -0.05) is 12.8 Å². The van der Waals surface area contributed by atoms with Crippen LogP contribution in [0.4, 0.5) is 5.00 Å². The molecule has 2 heterocycles. The first-order valence-electron chi connectivity index (χ1n) is 9.57. The van der Waals surface area contributed by atoms with Gasteiger partial charge < -0.3 is 19.8 Å². The van der Waals surface area contributed by atoms with E-state index in [2.05, 4.69) is 10.6 Å². The molecule has 0 spiro atoms. The number of ether oxygens (including phenoxy) is 1. The zero-order valence-electron chi connectivity index (χ0n) is 15.4. The summed E-state index contributed by atoms with van der Waals surface area (Å²) >= 11 is 1.39. The number of esters is 1. The number of fused-ring (bicyclic) bond motifs is 1. The minimum Gasteiger partial charge on any atom is -0.459 e.